The first-order valence-corrected chi connectivity index (χ1v) is 37.5. The molecule has 11 nitrogen and oxygen atoms in total. The quantitative estimate of drug-likeness (QED) is 0.146. The number of hydrogen-bond acceptors (Lipinski definition) is 10. The lowest BCUT2D eigenvalue weighted by Crippen LogP contribution is -2.00. The number of furan rings is 3. The summed E-state index contributed by atoms with van der Waals surface area (Å²) in [7, 11) is 0. The van der Waals surface area contributed by atoms with Crippen LogP contribution in [-0.4, -0.2) is 39.0 Å². The topological polar surface area (TPSA) is 127 Å². The van der Waals surface area contributed by atoms with E-state index in [-0.39, 0.29) is 0 Å². The highest BCUT2D eigenvalue weighted by molar-refractivity contribution is 7.26. The zero-order chi connectivity index (χ0) is 72.1. The van der Waals surface area contributed by atoms with E-state index >= 15 is 0 Å². The van der Waals surface area contributed by atoms with Crippen molar-refractivity contribution in [1.82, 2.24) is 39.0 Å². The second kappa shape index (κ2) is 24.4. The summed E-state index contributed by atoms with van der Waals surface area (Å²) in [5.41, 5.74) is 17.3. The highest BCUT2D eigenvalue weighted by atomic mass is 32.1. The molecule has 0 aliphatic carbocycles. The number of hydrogen-bond donors (Lipinski definition) is 0. The minimum atomic E-state index is 0.593. The van der Waals surface area contributed by atoms with Crippen LogP contribution in [0.3, 0.4) is 0 Å². The van der Waals surface area contributed by atoms with Gasteiger partial charge in [-0.3, -0.25) is 0 Å². The van der Waals surface area contributed by atoms with Crippen LogP contribution in [0, 0.1) is 0 Å². The van der Waals surface area contributed by atoms with E-state index in [0.717, 1.165) is 143 Å². The lowest BCUT2D eigenvalue weighted by Gasteiger charge is -2.11. The van der Waals surface area contributed by atoms with Crippen LogP contribution in [0.4, 0.5) is 0 Å². The fourth-order valence-corrected chi connectivity index (χ4v) is 18.0. The van der Waals surface area contributed by atoms with E-state index in [9.17, 15) is 0 Å². The zero-order valence-electron chi connectivity index (χ0n) is 58.5. The third kappa shape index (κ3) is 9.62. The Morgan fingerprint density at radius 2 is 0.555 bits per heavy atom. The molecule has 16 aromatic carbocycles. The van der Waals surface area contributed by atoms with Crippen LogP contribution in [0.1, 0.15) is 0 Å². The van der Waals surface area contributed by atoms with Gasteiger partial charge in [-0.1, -0.05) is 243 Å². The number of benzene rings is 16. The molecule has 0 radical (unpaired) electrons. The molecule has 12 heteroatoms. The average molecular weight is 1430 g/mol. The van der Waals surface area contributed by atoms with Crippen LogP contribution in [-0.2, 0) is 0 Å². The van der Waals surface area contributed by atoms with Gasteiger partial charge in [-0.05, 0) is 119 Å². The first-order chi connectivity index (χ1) is 54.5. The Hall–Kier alpha value is -14.7. The first kappa shape index (κ1) is 61.6. The Kier molecular flexibility index (Phi) is 13.7. The Morgan fingerprint density at radius 1 is 0.200 bits per heavy atom. The molecule has 512 valence electrons. The van der Waals surface area contributed by atoms with Gasteiger partial charge in [-0.15, -0.1) is 11.3 Å². The molecule has 0 aliphatic heterocycles. The minimum absolute atomic E-state index is 0.593. The molecule has 8 heterocycles. The maximum Gasteiger partial charge on any atom is 0.164 e. The second-order valence-corrected chi connectivity index (χ2v) is 29.0. The number of aromatic nitrogens is 8. The van der Waals surface area contributed by atoms with Crippen molar-refractivity contribution >= 4 is 162 Å². The second-order valence-electron chi connectivity index (χ2n) is 27.9. The number of thiophene rings is 1. The summed E-state index contributed by atoms with van der Waals surface area (Å²) < 4.78 is 27.1. The first-order valence-electron chi connectivity index (χ1n) is 36.7. The highest BCUT2D eigenvalue weighted by Gasteiger charge is 2.26. The smallest absolute Gasteiger partial charge is 0.164 e. The summed E-state index contributed by atoms with van der Waals surface area (Å²) in [6.45, 7) is 0. The van der Waals surface area contributed by atoms with E-state index in [1.807, 2.05) is 145 Å². The summed E-state index contributed by atoms with van der Waals surface area (Å²) in [6, 6.07) is 118. The van der Waals surface area contributed by atoms with Gasteiger partial charge in [0, 0.05) is 119 Å². The Labute approximate surface area is 630 Å². The largest absolute Gasteiger partial charge is 0.456 e. The van der Waals surface area contributed by atoms with E-state index < -0.39 is 0 Å². The van der Waals surface area contributed by atoms with Crippen LogP contribution >= 0.6 is 11.3 Å². The summed E-state index contributed by atoms with van der Waals surface area (Å²) in [5, 5.41) is 18.3. The molecule has 8 aromatic heterocycles. The summed E-state index contributed by atoms with van der Waals surface area (Å²) >= 11 is 1.86. The maximum absolute atomic E-state index is 6.72. The molecule has 110 heavy (non-hydrogen) atoms. The van der Waals surface area contributed by atoms with Crippen molar-refractivity contribution in [2.24, 2.45) is 0 Å². The molecule has 0 saturated heterocycles. The molecular formula is C98H56N8O3S. The van der Waals surface area contributed by atoms with E-state index in [0.29, 0.717) is 34.9 Å². The molecule has 0 unspecified atom stereocenters. The fraction of sp³-hybridized carbons (Fsp3) is 0. The van der Waals surface area contributed by atoms with Crippen molar-refractivity contribution in [3.05, 3.63) is 340 Å². The van der Waals surface area contributed by atoms with Gasteiger partial charge in [0.2, 0.25) is 0 Å². The molecule has 0 bridgehead atoms. The standard InChI is InChI=1S/C49H28N4O2.C49H28N4OS/c1-3-13-29(14-4-1)47-50-48(30-15-5-2-6-16-30)52-49(51-47)36-28-43-44(33-18-8-7-17-32(33)36)37-27-31(23-25-41(37)55-43)53-38-21-11-9-19-34(38)45-39(53)24-26-42-46(45)35-20-10-12-22-40(35)54-42;1-3-13-29(14-4-1)47-50-48(30-15-5-2-6-16-30)52-49(51-47)36-28-41-44(33-18-8-7-17-32(33)36)37-27-31(23-25-40(37)54-41)53-38-21-11-9-19-34(38)45-39(53)24-26-43-46(45)35-20-10-12-22-42(35)55-43/h2*1-28H. The number of fused-ring (bicyclic) bond motifs is 24. The van der Waals surface area contributed by atoms with Gasteiger partial charge < -0.3 is 22.4 Å². The van der Waals surface area contributed by atoms with Crippen LogP contribution in [0.15, 0.2) is 353 Å². The third-order valence-electron chi connectivity index (χ3n) is 21.7. The number of nitrogens with zero attached hydrogens (tertiary/aromatic N) is 8. The van der Waals surface area contributed by atoms with E-state index in [1.54, 1.807) is 0 Å². The molecule has 0 saturated carbocycles. The minimum Gasteiger partial charge on any atom is -0.456 e. The molecular weight excluding hydrogens is 1370 g/mol. The summed E-state index contributed by atoms with van der Waals surface area (Å²) in [4.78, 5) is 30.2. The Bertz CT molecular complexity index is 7330. The zero-order valence-corrected chi connectivity index (χ0v) is 59.4. The molecule has 0 spiro atoms. The number of para-hydroxylation sites is 3. The van der Waals surface area contributed by atoms with E-state index in [1.165, 1.54) is 52.8 Å². The normalized spacial score (nSPS) is 12.0. The third-order valence-corrected chi connectivity index (χ3v) is 22.8. The van der Waals surface area contributed by atoms with E-state index in [4.69, 9.17) is 43.2 Å². The van der Waals surface area contributed by atoms with Gasteiger partial charge in [-0.2, -0.15) is 0 Å². The highest BCUT2D eigenvalue weighted by Crippen LogP contribution is 2.48. The summed E-state index contributed by atoms with van der Waals surface area (Å²) in [6.07, 6.45) is 0. The van der Waals surface area contributed by atoms with Gasteiger partial charge >= 0.3 is 0 Å². The Morgan fingerprint density at radius 3 is 1.04 bits per heavy atom. The van der Waals surface area contributed by atoms with Gasteiger partial charge in [0.15, 0.2) is 34.9 Å². The van der Waals surface area contributed by atoms with Crippen molar-refractivity contribution < 1.29 is 13.3 Å². The number of rotatable bonds is 8. The predicted molar refractivity (Wildman–Crippen MR) is 451 cm³/mol. The maximum atomic E-state index is 6.72. The van der Waals surface area contributed by atoms with Crippen molar-refractivity contribution in [2.75, 3.05) is 0 Å². The molecule has 0 amide bonds. The fourth-order valence-electron chi connectivity index (χ4n) is 16.9. The lowest BCUT2D eigenvalue weighted by atomic mass is 9.98. The lowest BCUT2D eigenvalue weighted by molar-refractivity contribution is 0.669. The molecule has 0 aliphatic rings. The Balaban J connectivity index is 0.000000132. The molecule has 0 N–H and O–H groups in total. The van der Waals surface area contributed by atoms with Gasteiger partial charge in [0.1, 0.15) is 33.5 Å². The van der Waals surface area contributed by atoms with Crippen molar-refractivity contribution in [3.63, 3.8) is 0 Å². The van der Waals surface area contributed by atoms with Crippen LogP contribution in [0.25, 0.3) is 231 Å². The monoisotopic (exact) mass is 1420 g/mol. The average Bonchev–Trinajstić information content (AvgIpc) is 1.53. The van der Waals surface area contributed by atoms with Crippen molar-refractivity contribution in [1.29, 1.82) is 0 Å². The van der Waals surface area contributed by atoms with Crippen molar-refractivity contribution in [3.8, 4) is 79.7 Å². The van der Waals surface area contributed by atoms with Gasteiger partial charge in [0.05, 0.1) is 22.1 Å². The van der Waals surface area contributed by atoms with Crippen LogP contribution in [0.2, 0.25) is 0 Å². The predicted octanol–water partition coefficient (Wildman–Crippen LogP) is 26.3. The SMILES string of the molecule is c1ccc(-c2nc(-c3ccccc3)nc(-c3cc4oc5ccc(-n6c7ccccc7c7c8c(ccc76)oc6ccccc68)cc5c4c4ccccc34)n2)cc1.c1ccc(-c2nc(-c3ccccc3)nc(-c3cc4oc5ccc(-n6c7ccccc7c7c8c(ccc76)sc6ccccc68)cc5c4c4ccccc34)n2)cc1. The van der Waals surface area contributed by atoms with E-state index in [2.05, 4.69) is 215 Å². The van der Waals surface area contributed by atoms with Crippen molar-refractivity contribution in [2.45, 2.75) is 0 Å². The molecule has 24 rings (SSSR count). The molecule has 0 atom stereocenters. The molecule has 24 aromatic rings. The summed E-state index contributed by atoms with van der Waals surface area (Å²) in [5.74, 6) is 3.69. The van der Waals surface area contributed by atoms with Crippen LogP contribution < -0.4 is 0 Å². The van der Waals surface area contributed by atoms with Gasteiger partial charge in [0.25, 0.3) is 0 Å². The van der Waals surface area contributed by atoms with Crippen LogP contribution in [0.5, 0.6) is 0 Å². The van der Waals surface area contributed by atoms with Gasteiger partial charge in [-0.25, -0.2) is 29.9 Å². The molecule has 0 fully saturated rings.